The summed E-state index contributed by atoms with van der Waals surface area (Å²) in [5, 5.41) is 0. The highest BCUT2D eigenvalue weighted by atomic mass is 79.9. The fraction of sp³-hybridized carbons (Fsp3) is 0.174. The number of hydrogen-bond acceptors (Lipinski definition) is 4. The maximum Gasteiger partial charge on any atom is 0.309 e. The molecule has 0 heterocycles. The maximum atomic E-state index is 13.5. The number of ether oxygens (including phenoxy) is 1. The fourth-order valence-corrected chi connectivity index (χ4v) is 5.18. The van der Waals surface area contributed by atoms with Gasteiger partial charge in [0, 0.05) is 11.5 Å². The Kier molecular flexibility index (Phi) is 7.07. The summed E-state index contributed by atoms with van der Waals surface area (Å²) in [6.07, 6.45) is 0.00984. The quantitative estimate of drug-likeness (QED) is 0.457. The van der Waals surface area contributed by atoms with E-state index in [-0.39, 0.29) is 11.3 Å². The van der Waals surface area contributed by atoms with Crippen molar-refractivity contribution in [2.24, 2.45) is 0 Å². The van der Waals surface area contributed by atoms with Gasteiger partial charge in [-0.05, 0) is 34.9 Å². The van der Waals surface area contributed by atoms with Gasteiger partial charge in [-0.2, -0.15) is 4.31 Å². The second kappa shape index (κ2) is 9.55. The lowest BCUT2D eigenvalue weighted by molar-refractivity contribution is -0.139. The monoisotopic (exact) mass is 487 g/mol. The number of sulfonamides is 1. The minimum absolute atomic E-state index is 0.00984. The highest BCUT2D eigenvalue weighted by Crippen LogP contribution is 2.35. The number of carbonyl (C=O) groups excluding carboxylic acids is 1. The van der Waals surface area contributed by atoms with Crippen molar-refractivity contribution in [3.63, 3.8) is 0 Å². The Morgan fingerprint density at radius 1 is 1.00 bits per heavy atom. The average Bonchev–Trinajstić information content (AvgIpc) is 2.76. The molecule has 1 atom stereocenters. The Hall–Kier alpha value is -2.48. The summed E-state index contributed by atoms with van der Waals surface area (Å²) in [5.41, 5.74) is 2.26. The third-order valence-corrected chi connectivity index (χ3v) is 7.37. The number of methoxy groups -OCH3 is 1. The van der Waals surface area contributed by atoms with E-state index in [1.165, 1.54) is 23.5 Å². The molecular formula is C23H22BrNO4S. The number of hydrogen-bond donors (Lipinski definition) is 0. The van der Waals surface area contributed by atoms with Gasteiger partial charge in [0.25, 0.3) is 0 Å². The minimum atomic E-state index is -3.86. The highest BCUT2D eigenvalue weighted by molar-refractivity contribution is 9.10. The second-order valence-electron chi connectivity index (χ2n) is 6.76. The van der Waals surface area contributed by atoms with E-state index >= 15 is 0 Å². The third kappa shape index (κ3) is 4.80. The first kappa shape index (κ1) is 22.2. The summed E-state index contributed by atoms with van der Waals surface area (Å²) in [7, 11) is -0.983. The van der Waals surface area contributed by atoms with Crippen LogP contribution in [0.4, 0.5) is 0 Å². The lowest BCUT2D eigenvalue weighted by Gasteiger charge is -2.29. The van der Waals surface area contributed by atoms with Crippen LogP contribution in [0.3, 0.4) is 0 Å². The molecule has 3 aromatic rings. The minimum Gasteiger partial charge on any atom is -0.469 e. The molecule has 0 saturated heterocycles. The van der Waals surface area contributed by atoms with E-state index in [1.54, 1.807) is 19.2 Å². The molecule has 0 aliphatic heterocycles. The summed E-state index contributed by atoms with van der Waals surface area (Å²) in [5.74, 6) is -0.423. The molecule has 30 heavy (non-hydrogen) atoms. The zero-order valence-corrected chi connectivity index (χ0v) is 19.1. The van der Waals surface area contributed by atoms with Gasteiger partial charge < -0.3 is 4.74 Å². The van der Waals surface area contributed by atoms with Gasteiger partial charge in [0.1, 0.15) is 0 Å². The van der Waals surface area contributed by atoms with Crippen LogP contribution in [0, 0.1) is 0 Å². The van der Waals surface area contributed by atoms with Crippen LogP contribution in [0.1, 0.15) is 22.7 Å². The first-order valence-electron chi connectivity index (χ1n) is 9.27. The molecule has 0 N–H and O–H groups in total. The van der Waals surface area contributed by atoms with Crippen LogP contribution in [0.2, 0.25) is 0 Å². The first-order valence-corrected chi connectivity index (χ1v) is 11.5. The van der Waals surface area contributed by atoms with Crippen molar-refractivity contribution >= 4 is 31.9 Å². The van der Waals surface area contributed by atoms with Crippen molar-refractivity contribution in [1.82, 2.24) is 4.31 Å². The van der Waals surface area contributed by atoms with Gasteiger partial charge >= 0.3 is 5.97 Å². The SMILES string of the molecule is COC(=O)Cc1cccc(S(=O)(=O)N(C)C(c2ccccc2)c2ccccc2Br)c1. The Balaban J connectivity index is 2.06. The summed E-state index contributed by atoms with van der Waals surface area (Å²) < 4.78 is 33.9. The lowest BCUT2D eigenvalue weighted by Crippen LogP contribution is -2.32. The molecule has 0 aromatic heterocycles. The van der Waals surface area contributed by atoms with E-state index in [0.717, 1.165) is 15.6 Å². The largest absolute Gasteiger partial charge is 0.469 e. The highest BCUT2D eigenvalue weighted by Gasteiger charge is 2.31. The number of esters is 1. The standard InChI is InChI=1S/C23H22BrNO4S/c1-25(30(27,28)19-12-8-9-17(15-19)16-22(26)29-2)23(18-10-4-3-5-11-18)20-13-6-7-14-21(20)24/h3-15,23H,16H2,1-2H3. The smallest absolute Gasteiger partial charge is 0.309 e. The second-order valence-corrected chi connectivity index (χ2v) is 9.61. The molecule has 156 valence electrons. The fourth-order valence-electron chi connectivity index (χ4n) is 3.28. The van der Waals surface area contributed by atoms with Gasteiger partial charge in [-0.3, -0.25) is 4.79 Å². The summed E-state index contributed by atoms with van der Waals surface area (Å²) >= 11 is 3.56. The molecule has 3 aromatic carbocycles. The van der Waals surface area contributed by atoms with Gasteiger partial charge in [0.15, 0.2) is 0 Å². The first-order chi connectivity index (χ1) is 14.3. The average molecular weight is 488 g/mol. The van der Waals surface area contributed by atoms with E-state index in [2.05, 4.69) is 15.9 Å². The van der Waals surface area contributed by atoms with E-state index in [0.29, 0.717) is 5.56 Å². The summed E-state index contributed by atoms with van der Waals surface area (Å²) in [6, 6.07) is 22.9. The predicted octanol–water partition coefficient (Wildman–Crippen LogP) is 4.57. The van der Waals surface area contributed by atoms with E-state index < -0.39 is 22.0 Å². The van der Waals surface area contributed by atoms with Crippen molar-refractivity contribution in [2.45, 2.75) is 17.4 Å². The van der Waals surface area contributed by atoms with Crippen molar-refractivity contribution in [1.29, 1.82) is 0 Å². The molecule has 1 unspecified atom stereocenters. The van der Waals surface area contributed by atoms with E-state index in [1.807, 2.05) is 54.6 Å². The molecule has 0 aliphatic rings. The molecule has 3 rings (SSSR count). The van der Waals surface area contributed by atoms with Crippen LogP contribution in [0.5, 0.6) is 0 Å². The molecule has 0 saturated carbocycles. The normalized spacial score (nSPS) is 12.5. The Morgan fingerprint density at radius 3 is 2.33 bits per heavy atom. The molecule has 0 radical (unpaired) electrons. The zero-order valence-electron chi connectivity index (χ0n) is 16.7. The van der Waals surface area contributed by atoms with Gasteiger partial charge in [-0.15, -0.1) is 0 Å². The van der Waals surface area contributed by atoms with E-state index in [4.69, 9.17) is 4.74 Å². The van der Waals surface area contributed by atoms with Gasteiger partial charge in [-0.25, -0.2) is 8.42 Å². The Labute approximate surface area is 185 Å². The van der Waals surface area contributed by atoms with Crippen LogP contribution in [0.25, 0.3) is 0 Å². The van der Waals surface area contributed by atoms with Crippen molar-refractivity contribution in [3.05, 3.63) is 100 Å². The molecule has 0 spiro atoms. The van der Waals surface area contributed by atoms with Crippen LogP contribution in [0.15, 0.2) is 88.2 Å². The number of halogens is 1. The third-order valence-electron chi connectivity index (χ3n) is 4.83. The van der Waals surface area contributed by atoms with Gasteiger partial charge in [-0.1, -0.05) is 76.6 Å². The van der Waals surface area contributed by atoms with Crippen LogP contribution in [-0.4, -0.2) is 32.8 Å². The Morgan fingerprint density at radius 2 is 1.67 bits per heavy atom. The molecule has 0 fully saturated rings. The number of rotatable bonds is 7. The van der Waals surface area contributed by atoms with Gasteiger partial charge in [0.05, 0.1) is 24.5 Å². The van der Waals surface area contributed by atoms with Crippen molar-refractivity contribution < 1.29 is 17.9 Å². The molecule has 0 aliphatic carbocycles. The molecule has 5 nitrogen and oxygen atoms in total. The maximum absolute atomic E-state index is 13.5. The molecule has 0 amide bonds. The molecule has 0 bridgehead atoms. The van der Waals surface area contributed by atoms with Crippen molar-refractivity contribution in [2.75, 3.05) is 14.2 Å². The van der Waals surface area contributed by atoms with Crippen LogP contribution in [-0.2, 0) is 26.0 Å². The summed E-state index contributed by atoms with van der Waals surface area (Å²) in [4.78, 5) is 11.7. The Bertz CT molecular complexity index is 1130. The van der Waals surface area contributed by atoms with Crippen molar-refractivity contribution in [3.8, 4) is 0 Å². The topological polar surface area (TPSA) is 63.7 Å². The molecular weight excluding hydrogens is 466 g/mol. The van der Waals surface area contributed by atoms with Crippen LogP contribution >= 0.6 is 15.9 Å². The summed E-state index contributed by atoms with van der Waals surface area (Å²) in [6.45, 7) is 0. The van der Waals surface area contributed by atoms with Crippen LogP contribution < -0.4 is 0 Å². The zero-order chi connectivity index (χ0) is 21.7. The number of benzene rings is 3. The van der Waals surface area contributed by atoms with E-state index in [9.17, 15) is 13.2 Å². The van der Waals surface area contributed by atoms with Gasteiger partial charge in [0.2, 0.25) is 10.0 Å². The molecule has 7 heteroatoms. The lowest BCUT2D eigenvalue weighted by atomic mass is 9.99. The number of nitrogens with zero attached hydrogens (tertiary/aromatic N) is 1. The number of carbonyl (C=O) groups is 1. The predicted molar refractivity (Wildman–Crippen MR) is 120 cm³/mol.